The average Bonchev–Trinajstić information content (AvgIpc) is 4.07. The maximum absolute atomic E-state index is 9.92. The zero-order valence-electron chi connectivity index (χ0n) is 55.4. The Morgan fingerprint density at radius 2 is 0.784 bits per heavy atom. The van der Waals surface area contributed by atoms with Gasteiger partial charge in [0.25, 0.3) is 0 Å². The van der Waals surface area contributed by atoms with Crippen LogP contribution in [0.15, 0.2) is 186 Å². The van der Waals surface area contributed by atoms with E-state index in [1.165, 1.54) is 0 Å². The zero-order valence-corrected chi connectivity index (χ0v) is 25.4. The topological polar surface area (TPSA) is 13.1 Å². The lowest BCUT2D eigenvalue weighted by Gasteiger charge is -2.20. The molecule has 0 unspecified atom stereocenters. The lowest BCUT2D eigenvalue weighted by Crippen LogP contribution is -1.92. The van der Waals surface area contributed by atoms with Gasteiger partial charge in [-0.25, -0.2) is 0 Å². The molecule has 11 rings (SSSR count). The van der Waals surface area contributed by atoms with E-state index in [2.05, 4.69) is 0 Å². The van der Waals surface area contributed by atoms with Crippen molar-refractivity contribution in [1.29, 1.82) is 0 Å². The molecule has 236 valence electrons. The van der Waals surface area contributed by atoms with E-state index in [0.29, 0.717) is 0 Å². The highest BCUT2D eigenvalue weighted by Crippen LogP contribution is 2.47. The molecule has 1 heteroatoms. The van der Waals surface area contributed by atoms with Crippen LogP contribution in [0.2, 0.25) is 0 Å². The molecular formula is C50H30O. The van der Waals surface area contributed by atoms with Crippen LogP contribution in [0.1, 0.15) is 41.1 Å². The molecule has 0 spiro atoms. The maximum Gasteiger partial charge on any atom is 0.136 e. The van der Waals surface area contributed by atoms with Crippen molar-refractivity contribution in [2.75, 3.05) is 0 Å². The van der Waals surface area contributed by atoms with Crippen molar-refractivity contribution >= 4 is 75.8 Å². The monoisotopic (exact) mass is 676 g/mol. The Morgan fingerprint density at radius 3 is 1.47 bits per heavy atom. The van der Waals surface area contributed by atoms with Crippen molar-refractivity contribution < 1.29 is 45.5 Å². The number of fused-ring (bicyclic) bond motifs is 8. The van der Waals surface area contributed by atoms with Gasteiger partial charge in [0.15, 0.2) is 0 Å². The fraction of sp³-hybridized carbons (Fsp3) is 0. The van der Waals surface area contributed by atoms with Crippen LogP contribution in [0, 0.1) is 0 Å². The van der Waals surface area contributed by atoms with Crippen LogP contribution in [0.4, 0.5) is 0 Å². The number of hydrogen-bond acceptors (Lipinski definition) is 1. The Hall–Kier alpha value is -6.70. The molecule has 1 nitrogen and oxygen atoms in total. The summed E-state index contributed by atoms with van der Waals surface area (Å²) in [5.41, 5.74) is -6.07. The van der Waals surface area contributed by atoms with E-state index in [-0.39, 0.29) is 0 Å². The lowest BCUT2D eigenvalue weighted by atomic mass is 9.83. The SMILES string of the molecule is [2H]c1c(-c2c3c([2H])c([2H])c([2H])c([2H])c3c(-c3c([2H])c([2H])c(-c4c([2H])c([2H])c5c([2H])c([2H])c([2H])c([2H])c5c4[2H])c4c([2H])c([2H])c([2H])c([2H])c34)c3c([2H])c([2H])c([2H])c([2H])c23)c([2H])c2c(oc3c([2H])c4c([2H])c([2H])c([2H])c([2H])c4c([2H])c32)c1[2H]. The van der Waals surface area contributed by atoms with Crippen LogP contribution < -0.4 is 0 Å². The summed E-state index contributed by atoms with van der Waals surface area (Å²) in [6.07, 6.45) is 0. The van der Waals surface area contributed by atoms with E-state index in [0.717, 1.165) is 0 Å². The molecule has 0 N–H and O–H groups in total. The molecule has 1 aromatic heterocycles. The molecule has 0 fully saturated rings. The Labute approximate surface area is 336 Å². The molecule has 0 saturated carbocycles. The Bertz CT molecular complexity index is 4850. The summed E-state index contributed by atoms with van der Waals surface area (Å²) >= 11 is 0. The summed E-state index contributed by atoms with van der Waals surface area (Å²) in [4.78, 5) is 0. The smallest absolute Gasteiger partial charge is 0.136 e. The van der Waals surface area contributed by atoms with Crippen molar-refractivity contribution in [3.63, 3.8) is 0 Å². The second-order valence-corrected chi connectivity index (χ2v) is 11.3. The third-order valence-electron chi connectivity index (χ3n) is 8.51. The summed E-state index contributed by atoms with van der Waals surface area (Å²) in [6, 6.07) is -28.3. The second-order valence-electron chi connectivity index (χ2n) is 11.3. The van der Waals surface area contributed by atoms with Gasteiger partial charge in [-0.2, -0.15) is 0 Å². The average molecular weight is 677 g/mol. The molecule has 0 atom stereocenters. The van der Waals surface area contributed by atoms with Crippen molar-refractivity contribution in [2.24, 2.45) is 0 Å². The Kier molecular flexibility index (Phi) is 2.50. The van der Waals surface area contributed by atoms with Crippen LogP contribution in [-0.2, 0) is 0 Å². The van der Waals surface area contributed by atoms with Crippen LogP contribution in [0.25, 0.3) is 109 Å². The minimum atomic E-state index is -1.14. The molecule has 11 aromatic rings. The molecule has 0 aliphatic rings. The molecule has 0 aliphatic heterocycles. The quantitative estimate of drug-likeness (QED) is 0.170. The zero-order chi connectivity index (χ0) is 59.6. The molecule has 0 amide bonds. The number of hydrogen-bond donors (Lipinski definition) is 0. The van der Waals surface area contributed by atoms with E-state index in [9.17, 15) is 19.2 Å². The first-order valence-electron chi connectivity index (χ1n) is 30.2. The van der Waals surface area contributed by atoms with Crippen LogP contribution in [-0.4, -0.2) is 0 Å². The van der Waals surface area contributed by atoms with Gasteiger partial charge in [0, 0.05) is 10.8 Å². The molecule has 0 aliphatic carbocycles. The van der Waals surface area contributed by atoms with Gasteiger partial charge < -0.3 is 4.42 Å². The minimum Gasteiger partial charge on any atom is -0.456 e. The van der Waals surface area contributed by atoms with Gasteiger partial charge in [-0.1, -0.05) is 151 Å². The first-order chi connectivity index (χ1) is 37.8. The summed E-state index contributed by atoms with van der Waals surface area (Å²) in [7, 11) is 0. The van der Waals surface area contributed by atoms with Crippen LogP contribution in [0.3, 0.4) is 0 Å². The second kappa shape index (κ2) is 10.9. The minimum absolute atomic E-state index is 0.467. The van der Waals surface area contributed by atoms with Crippen LogP contribution in [0.5, 0.6) is 0 Å². The number of furan rings is 1. The Morgan fingerprint density at radius 1 is 0.294 bits per heavy atom. The summed E-state index contributed by atoms with van der Waals surface area (Å²) in [6.45, 7) is 0. The standard InChI is InChI=1S/C50H30O/c1-2-12-32-27-35(22-21-31(32)11-1)37-24-25-44(39-16-6-5-15-38(37)39)50-42-19-9-7-17-40(42)49(41-18-8-10-20-43(41)50)36-23-26-47-45(29-36)46-28-33-13-3-4-14-34(33)30-48(46)51-47/h1-30H/i1D,2D,3D,4D,5D,6D,7D,8D,9D,10D,11D,12D,13D,14D,15D,16D,17D,18D,19D,20D,21D,22D,23D,24D,25D,26D,27D,28D,29D,30D. The number of rotatable bonds is 3. The predicted molar refractivity (Wildman–Crippen MR) is 218 cm³/mol. The molecule has 10 aromatic carbocycles. The highest BCUT2D eigenvalue weighted by atomic mass is 16.3. The van der Waals surface area contributed by atoms with Gasteiger partial charge in [0.1, 0.15) is 11.2 Å². The predicted octanol–water partition coefficient (Wildman–Crippen LogP) is 14.4. The van der Waals surface area contributed by atoms with E-state index in [1.54, 1.807) is 0 Å². The lowest BCUT2D eigenvalue weighted by molar-refractivity contribution is 0.669. The van der Waals surface area contributed by atoms with E-state index in [1.807, 2.05) is 0 Å². The van der Waals surface area contributed by atoms with Gasteiger partial charge in [-0.3, -0.25) is 0 Å². The van der Waals surface area contributed by atoms with Crippen molar-refractivity contribution in [3.05, 3.63) is 181 Å². The summed E-state index contributed by atoms with van der Waals surface area (Å²) in [5, 5.41) is -8.02. The maximum atomic E-state index is 9.92. The third-order valence-corrected chi connectivity index (χ3v) is 8.51. The molecular weight excluding hydrogens is 617 g/mol. The van der Waals surface area contributed by atoms with Gasteiger partial charge in [-0.15, -0.1) is 0 Å². The van der Waals surface area contributed by atoms with Gasteiger partial charge in [0.05, 0.1) is 41.1 Å². The van der Waals surface area contributed by atoms with Gasteiger partial charge >= 0.3 is 0 Å². The molecule has 0 bridgehead atoms. The number of benzene rings is 10. The van der Waals surface area contributed by atoms with E-state index in [4.69, 9.17) is 26.3 Å². The first kappa shape index (κ1) is 11.7. The van der Waals surface area contributed by atoms with Crippen LogP contribution >= 0.6 is 0 Å². The van der Waals surface area contributed by atoms with E-state index < -0.39 is 290 Å². The fourth-order valence-corrected chi connectivity index (χ4v) is 6.33. The highest BCUT2D eigenvalue weighted by molar-refractivity contribution is 6.25. The summed E-state index contributed by atoms with van der Waals surface area (Å²) in [5.74, 6) is 0. The molecule has 1 heterocycles. The van der Waals surface area contributed by atoms with Gasteiger partial charge in [-0.05, 0) is 117 Å². The highest BCUT2D eigenvalue weighted by Gasteiger charge is 2.20. The first-order valence-corrected chi connectivity index (χ1v) is 15.2. The largest absolute Gasteiger partial charge is 0.456 e. The van der Waals surface area contributed by atoms with E-state index >= 15 is 0 Å². The molecule has 51 heavy (non-hydrogen) atoms. The normalized spacial score (nSPS) is 20.2. The summed E-state index contributed by atoms with van der Waals surface area (Å²) < 4.78 is 279. The van der Waals surface area contributed by atoms with Crippen molar-refractivity contribution in [1.82, 2.24) is 0 Å². The molecule has 0 saturated heterocycles. The Balaban J connectivity index is 1.42. The van der Waals surface area contributed by atoms with Crippen molar-refractivity contribution in [3.8, 4) is 33.4 Å². The van der Waals surface area contributed by atoms with Gasteiger partial charge in [0.2, 0.25) is 0 Å². The third kappa shape index (κ3) is 4.28. The van der Waals surface area contributed by atoms with Crippen molar-refractivity contribution in [2.45, 2.75) is 0 Å². The molecule has 0 radical (unpaired) electrons. The fourth-order valence-electron chi connectivity index (χ4n) is 6.33.